The zero-order valence-electron chi connectivity index (χ0n) is 14.5. The van der Waals surface area contributed by atoms with Crippen molar-refractivity contribution in [3.63, 3.8) is 0 Å². The van der Waals surface area contributed by atoms with E-state index < -0.39 is 10.0 Å². The van der Waals surface area contributed by atoms with Crippen LogP contribution < -0.4 is 15.4 Å². The molecule has 1 heterocycles. The third-order valence-electron chi connectivity index (χ3n) is 4.21. The molecule has 0 saturated heterocycles. The second-order valence-corrected chi connectivity index (χ2v) is 8.05. The Morgan fingerprint density at radius 2 is 1.69 bits per heavy atom. The van der Waals surface area contributed by atoms with Gasteiger partial charge >= 0.3 is 0 Å². The van der Waals surface area contributed by atoms with Crippen molar-refractivity contribution in [3.8, 4) is 0 Å². The maximum Gasteiger partial charge on any atom is 0.261 e. The number of hydrogen-bond donors (Lipinski definition) is 3. The van der Waals surface area contributed by atoms with Crippen LogP contribution in [-0.2, 0) is 14.8 Å². The number of benzene rings is 1. The minimum atomic E-state index is -3.72. The number of sulfonamides is 1. The molecule has 0 atom stereocenters. The number of nitrogens with zero attached hydrogens (tertiary/aromatic N) is 1. The Labute approximate surface area is 153 Å². The van der Waals surface area contributed by atoms with Crippen LogP contribution in [0.5, 0.6) is 0 Å². The number of amides is 1. The molecular weight excluding hydrogens is 352 g/mol. The van der Waals surface area contributed by atoms with E-state index in [0.717, 1.165) is 18.7 Å². The lowest BCUT2D eigenvalue weighted by atomic mass is 10.2. The van der Waals surface area contributed by atoms with Gasteiger partial charge in [0.05, 0.1) is 16.8 Å². The van der Waals surface area contributed by atoms with Crippen LogP contribution in [-0.4, -0.2) is 25.4 Å². The lowest BCUT2D eigenvalue weighted by Gasteiger charge is -2.13. The molecule has 138 valence electrons. The molecule has 1 aromatic carbocycles. The van der Waals surface area contributed by atoms with E-state index in [1.807, 2.05) is 0 Å². The fourth-order valence-corrected chi connectivity index (χ4v) is 4.00. The summed E-state index contributed by atoms with van der Waals surface area (Å²) in [5, 5.41) is 5.96. The van der Waals surface area contributed by atoms with Gasteiger partial charge in [-0.15, -0.1) is 0 Å². The first kappa shape index (κ1) is 18.2. The molecule has 8 heteroatoms. The summed E-state index contributed by atoms with van der Waals surface area (Å²) in [6, 6.07) is 9.88. The highest BCUT2D eigenvalue weighted by atomic mass is 32.2. The summed E-state index contributed by atoms with van der Waals surface area (Å²) in [6.45, 7) is 1.39. The van der Waals surface area contributed by atoms with Crippen molar-refractivity contribution in [2.45, 2.75) is 43.5 Å². The normalized spacial score (nSPS) is 14.8. The fourth-order valence-electron chi connectivity index (χ4n) is 2.95. The predicted octanol–water partition coefficient (Wildman–Crippen LogP) is 3.20. The van der Waals surface area contributed by atoms with Gasteiger partial charge in [0, 0.05) is 18.7 Å². The molecule has 1 fully saturated rings. The van der Waals surface area contributed by atoms with Crippen LogP contribution in [0, 0.1) is 0 Å². The molecule has 7 nitrogen and oxygen atoms in total. The largest absolute Gasteiger partial charge is 0.367 e. The third kappa shape index (κ3) is 4.72. The Morgan fingerprint density at radius 1 is 1.04 bits per heavy atom. The van der Waals surface area contributed by atoms with Crippen molar-refractivity contribution in [1.82, 2.24) is 4.98 Å². The van der Waals surface area contributed by atoms with Gasteiger partial charge in [0.1, 0.15) is 5.82 Å². The minimum absolute atomic E-state index is 0.111. The van der Waals surface area contributed by atoms with Crippen molar-refractivity contribution in [2.75, 3.05) is 15.4 Å². The van der Waals surface area contributed by atoms with Gasteiger partial charge in [-0.1, -0.05) is 12.8 Å². The van der Waals surface area contributed by atoms with Gasteiger partial charge in [-0.25, -0.2) is 13.4 Å². The molecule has 3 N–H and O–H groups in total. The van der Waals surface area contributed by atoms with Gasteiger partial charge < -0.3 is 10.6 Å². The number of aromatic nitrogens is 1. The van der Waals surface area contributed by atoms with Gasteiger partial charge in [-0.3, -0.25) is 9.52 Å². The summed E-state index contributed by atoms with van der Waals surface area (Å²) >= 11 is 0. The van der Waals surface area contributed by atoms with Gasteiger partial charge in [0.2, 0.25) is 5.91 Å². The van der Waals surface area contributed by atoms with Crippen molar-refractivity contribution < 1.29 is 13.2 Å². The number of pyridine rings is 1. The third-order valence-corrected chi connectivity index (χ3v) is 5.61. The van der Waals surface area contributed by atoms with E-state index in [1.165, 1.54) is 38.1 Å². The van der Waals surface area contributed by atoms with Crippen LogP contribution in [0.4, 0.5) is 17.2 Å². The number of carbonyl (C=O) groups excluding carboxylic acids is 1. The number of nitrogens with one attached hydrogen (secondary N) is 3. The molecule has 1 aliphatic carbocycles. The van der Waals surface area contributed by atoms with E-state index in [-0.39, 0.29) is 10.8 Å². The average molecular weight is 374 g/mol. The van der Waals surface area contributed by atoms with Crippen molar-refractivity contribution in [1.29, 1.82) is 0 Å². The maximum absolute atomic E-state index is 12.5. The van der Waals surface area contributed by atoms with Gasteiger partial charge in [-0.05, 0) is 49.2 Å². The first-order valence-corrected chi connectivity index (χ1v) is 10.0. The van der Waals surface area contributed by atoms with Crippen LogP contribution in [0.25, 0.3) is 0 Å². The predicted molar refractivity (Wildman–Crippen MR) is 102 cm³/mol. The maximum atomic E-state index is 12.5. The summed E-state index contributed by atoms with van der Waals surface area (Å²) in [4.78, 5) is 15.4. The molecule has 1 amide bonds. The Hall–Kier alpha value is -2.61. The summed E-state index contributed by atoms with van der Waals surface area (Å²) in [7, 11) is -3.72. The van der Waals surface area contributed by atoms with Crippen LogP contribution in [0.15, 0.2) is 47.5 Å². The Morgan fingerprint density at radius 3 is 2.27 bits per heavy atom. The highest BCUT2D eigenvalue weighted by Crippen LogP contribution is 2.23. The second kappa shape index (κ2) is 7.74. The van der Waals surface area contributed by atoms with Crippen molar-refractivity contribution in [3.05, 3.63) is 42.6 Å². The molecule has 1 aliphatic rings. The first-order valence-electron chi connectivity index (χ1n) is 8.55. The van der Waals surface area contributed by atoms with Gasteiger partial charge in [-0.2, -0.15) is 0 Å². The van der Waals surface area contributed by atoms with E-state index in [0.29, 0.717) is 17.4 Å². The van der Waals surface area contributed by atoms with E-state index >= 15 is 0 Å². The zero-order valence-corrected chi connectivity index (χ0v) is 15.3. The fraction of sp³-hybridized carbons (Fsp3) is 0.333. The topological polar surface area (TPSA) is 100 Å². The van der Waals surface area contributed by atoms with Crippen LogP contribution in [0.3, 0.4) is 0 Å². The van der Waals surface area contributed by atoms with Crippen LogP contribution in [0.2, 0.25) is 0 Å². The molecule has 1 aromatic heterocycles. The smallest absolute Gasteiger partial charge is 0.261 e. The summed E-state index contributed by atoms with van der Waals surface area (Å²) in [5.74, 6) is 0.538. The molecule has 26 heavy (non-hydrogen) atoms. The van der Waals surface area contributed by atoms with Gasteiger partial charge in [0.15, 0.2) is 0 Å². The van der Waals surface area contributed by atoms with Crippen molar-refractivity contribution >= 4 is 33.1 Å². The lowest BCUT2D eigenvalue weighted by molar-refractivity contribution is -0.114. The zero-order chi connectivity index (χ0) is 18.6. The van der Waals surface area contributed by atoms with Gasteiger partial charge in [0.25, 0.3) is 10.0 Å². The van der Waals surface area contributed by atoms with E-state index in [9.17, 15) is 13.2 Å². The molecule has 0 bridgehead atoms. The highest BCUT2D eigenvalue weighted by Gasteiger charge is 2.16. The molecular formula is C18H22N4O3S. The summed E-state index contributed by atoms with van der Waals surface area (Å²) < 4.78 is 27.4. The Balaban J connectivity index is 1.65. The van der Waals surface area contributed by atoms with E-state index in [1.54, 1.807) is 24.3 Å². The lowest BCUT2D eigenvalue weighted by Crippen LogP contribution is -2.16. The molecule has 0 radical (unpaired) electrons. The molecule has 0 aliphatic heterocycles. The van der Waals surface area contributed by atoms with Crippen molar-refractivity contribution in [2.24, 2.45) is 0 Å². The molecule has 1 saturated carbocycles. The second-order valence-electron chi connectivity index (χ2n) is 6.37. The molecule has 3 rings (SSSR count). The Bertz CT molecular complexity index is 858. The Kier molecular flexibility index (Phi) is 5.41. The molecule has 0 spiro atoms. The average Bonchev–Trinajstić information content (AvgIpc) is 3.09. The molecule has 0 unspecified atom stereocenters. The van der Waals surface area contributed by atoms with E-state index in [2.05, 4.69) is 20.3 Å². The summed E-state index contributed by atoms with van der Waals surface area (Å²) in [6.07, 6.45) is 6.25. The first-order chi connectivity index (χ1) is 12.4. The minimum Gasteiger partial charge on any atom is -0.367 e. The SMILES string of the molecule is CC(=O)Nc1ccc(S(=O)(=O)Nc2ccc(NC3CCCC3)nc2)cc1. The van der Waals surface area contributed by atoms with Crippen LogP contribution in [0.1, 0.15) is 32.6 Å². The number of hydrogen-bond acceptors (Lipinski definition) is 5. The molecule has 2 aromatic rings. The monoisotopic (exact) mass is 374 g/mol. The number of anilines is 3. The summed E-state index contributed by atoms with van der Waals surface area (Å²) in [5.41, 5.74) is 0.938. The highest BCUT2D eigenvalue weighted by molar-refractivity contribution is 7.92. The quantitative estimate of drug-likeness (QED) is 0.721. The number of rotatable bonds is 6. The van der Waals surface area contributed by atoms with Crippen LogP contribution >= 0.6 is 0 Å². The number of carbonyl (C=O) groups is 1. The standard InChI is InChI=1S/C18H22N4O3S/c1-13(23)20-15-6-9-17(10-7-15)26(24,25)22-16-8-11-18(19-12-16)21-14-4-2-3-5-14/h6-12,14,22H,2-5H2,1H3,(H,19,21)(H,20,23). The van der Waals surface area contributed by atoms with E-state index in [4.69, 9.17) is 0 Å².